The van der Waals surface area contributed by atoms with E-state index < -0.39 is 0 Å². The van der Waals surface area contributed by atoms with E-state index in [0.29, 0.717) is 21.6 Å². The lowest BCUT2D eigenvalue weighted by Crippen LogP contribution is -2.28. The van der Waals surface area contributed by atoms with Crippen LogP contribution in [-0.2, 0) is 11.3 Å². The van der Waals surface area contributed by atoms with E-state index in [2.05, 4.69) is 10.2 Å². The van der Waals surface area contributed by atoms with Crippen molar-refractivity contribution >= 4 is 35.1 Å². The molecule has 2 heterocycles. The maximum atomic E-state index is 13.2. The van der Waals surface area contributed by atoms with Gasteiger partial charge in [-0.2, -0.15) is 5.10 Å². The van der Waals surface area contributed by atoms with Gasteiger partial charge in [0.2, 0.25) is 0 Å². The molecular weight excluding hydrogens is 486 g/mol. The van der Waals surface area contributed by atoms with Crippen LogP contribution in [-0.4, -0.2) is 29.3 Å². The maximum absolute atomic E-state index is 13.2. The highest BCUT2D eigenvalue weighted by Crippen LogP contribution is 2.34. The molecule has 1 aromatic heterocycles. The van der Waals surface area contributed by atoms with Crippen LogP contribution in [0.2, 0.25) is 0 Å². The first-order chi connectivity index (χ1) is 18.2. The highest BCUT2D eigenvalue weighted by Gasteiger charge is 2.34. The van der Waals surface area contributed by atoms with Crippen molar-refractivity contribution in [3.8, 4) is 17.2 Å². The summed E-state index contributed by atoms with van der Waals surface area (Å²) < 4.78 is 16.6. The minimum absolute atomic E-state index is 0.163. The molecule has 0 radical (unpaired) electrons. The highest BCUT2D eigenvalue weighted by molar-refractivity contribution is 8.18. The molecule has 0 spiro atoms. The van der Waals surface area contributed by atoms with Crippen LogP contribution in [0.15, 0.2) is 117 Å². The minimum atomic E-state index is -0.163. The molecule has 0 bridgehead atoms. The number of hydrogen-bond donors (Lipinski definition) is 0. The van der Waals surface area contributed by atoms with Gasteiger partial charge in [-0.05, 0) is 77.5 Å². The predicted octanol–water partition coefficient (Wildman–Crippen LogP) is 6.59. The standard InChI is InChI=1S/C29H23N3O4S/c1-34-23-14-12-21(13-15-23)18-27-28(33)32(20-26-11-6-16-35-26)29(37-27)31-30-19-22-7-5-10-25(17-22)36-24-8-3-2-4-9-24/h2-19H,20H2,1H3/b27-18-,30-19+,31-29-. The van der Waals surface area contributed by atoms with E-state index in [0.717, 1.165) is 22.6 Å². The molecule has 37 heavy (non-hydrogen) atoms. The van der Waals surface area contributed by atoms with Crippen molar-refractivity contribution in [3.63, 3.8) is 0 Å². The monoisotopic (exact) mass is 509 g/mol. The van der Waals surface area contributed by atoms with Gasteiger partial charge in [-0.25, -0.2) is 0 Å². The summed E-state index contributed by atoms with van der Waals surface area (Å²) in [7, 11) is 1.62. The van der Waals surface area contributed by atoms with Gasteiger partial charge in [0.25, 0.3) is 5.91 Å². The quantitative estimate of drug-likeness (QED) is 0.152. The molecule has 0 N–H and O–H groups in total. The lowest BCUT2D eigenvalue weighted by Gasteiger charge is -2.12. The first-order valence-electron chi connectivity index (χ1n) is 11.5. The van der Waals surface area contributed by atoms with Gasteiger partial charge >= 0.3 is 0 Å². The summed E-state index contributed by atoms with van der Waals surface area (Å²) in [6.45, 7) is 0.257. The van der Waals surface area contributed by atoms with Gasteiger partial charge in [0, 0.05) is 0 Å². The number of amides is 1. The molecule has 4 aromatic rings. The van der Waals surface area contributed by atoms with Gasteiger partial charge in [0.05, 0.1) is 31.0 Å². The average Bonchev–Trinajstić information content (AvgIpc) is 3.54. The minimum Gasteiger partial charge on any atom is -0.497 e. The second kappa shape index (κ2) is 11.5. The van der Waals surface area contributed by atoms with E-state index in [-0.39, 0.29) is 12.5 Å². The van der Waals surface area contributed by atoms with Crippen molar-refractivity contribution in [3.05, 3.63) is 119 Å². The maximum Gasteiger partial charge on any atom is 0.267 e. The molecule has 0 atom stereocenters. The molecule has 1 fully saturated rings. The number of nitrogens with zero attached hydrogens (tertiary/aromatic N) is 3. The fourth-order valence-electron chi connectivity index (χ4n) is 3.56. The Hall–Kier alpha value is -4.56. The largest absolute Gasteiger partial charge is 0.497 e. The van der Waals surface area contributed by atoms with Gasteiger partial charge in [0.1, 0.15) is 23.0 Å². The lowest BCUT2D eigenvalue weighted by atomic mass is 10.2. The van der Waals surface area contributed by atoms with Crippen LogP contribution in [0, 0.1) is 0 Å². The summed E-state index contributed by atoms with van der Waals surface area (Å²) in [6.07, 6.45) is 5.04. The number of hydrogen-bond acceptors (Lipinski definition) is 7. The average molecular weight is 510 g/mol. The smallest absolute Gasteiger partial charge is 0.267 e. The number of carbonyl (C=O) groups is 1. The molecule has 1 amide bonds. The molecule has 184 valence electrons. The van der Waals surface area contributed by atoms with Crippen molar-refractivity contribution in [1.29, 1.82) is 0 Å². The Kier molecular flexibility index (Phi) is 7.47. The third-order valence-corrected chi connectivity index (χ3v) is 6.38. The summed E-state index contributed by atoms with van der Waals surface area (Å²) >= 11 is 1.27. The second-order valence-electron chi connectivity index (χ2n) is 7.97. The number of methoxy groups -OCH3 is 1. The lowest BCUT2D eigenvalue weighted by molar-refractivity contribution is -0.122. The molecule has 7 nitrogen and oxygen atoms in total. The van der Waals surface area contributed by atoms with Crippen molar-refractivity contribution < 1.29 is 18.7 Å². The highest BCUT2D eigenvalue weighted by atomic mass is 32.2. The van der Waals surface area contributed by atoms with E-state index in [4.69, 9.17) is 13.9 Å². The summed E-state index contributed by atoms with van der Waals surface area (Å²) in [5.41, 5.74) is 1.70. The number of thioether (sulfide) groups is 1. The second-order valence-corrected chi connectivity index (χ2v) is 8.98. The van der Waals surface area contributed by atoms with Crippen LogP contribution in [0.3, 0.4) is 0 Å². The molecular formula is C29H23N3O4S. The van der Waals surface area contributed by atoms with E-state index in [1.54, 1.807) is 30.6 Å². The first kappa shape index (κ1) is 24.1. The van der Waals surface area contributed by atoms with Gasteiger partial charge in [-0.3, -0.25) is 9.69 Å². The normalized spacial score (nSPS) is 15.7. The van der Waals surface area contributed by atoms with Crippen LogP contribution < -0.4 is 9.47 Å². The number of ether oxygens (including phenoxy) is 2. The van der Waals surface area contributed by atoms with Crippen LogP contribution in [0.4, 0.5) is 0 Å². The van der Waals surface area contributed by atoms with Crippen LogP contribution in [0.1, 0.15) is 16.9 Å². The first-order valence-corrected chi connectivity index (χ1v) is 12.3. The number of furan rings is 1. The number of carbonyl (C=O) groups excluding carboxylic acids is 1. The topological polar surface area (TPSA) is 76.6 Å². The molecule has 0 aliphatic carbocycles. The number of amidine groups is 1. The molecule has 5 rings (SSSR count). The van der Waals surface area contributed by atoms with Gasteiger partial charge in [-0.1, -0.05) is 42.5 Å². The molecule has 3 aromatic carbocycles. The van der Waals surface area contributed by atoms with Gasteiger partial charge in [0.15, 0.2) is 5.17 Å². The Morgan fingerprint density at radius 1 is 0.892 bits per heavy atom. The molecule has 1 aliphatic rings. The van der Waals surface area contributed by atoms with Crippen molar-refractivity contribution in [1.82, 2.24) is 4.90 Å². The fraction of sp³-hybridized carbons (Fsp3) is 0.0690. The Labute approximate surface area is 218 Å². The molecule has 1 aliphatic heterocycles. The van der Waals surface area contributed by atoms with E-state index in [1.807, 2.05) is 91.0 Å². The Bertz CT molecular complexity index is 1450. The SMILES string of the molecule is COc1ccc(/C=C2\S/C(=N\N=C\c3cccc(Oc4ccccc4)c3)N(Cc3ccco3)C2=O)cc1. The molecule has 8 heteroatoms. The summed E-state index contributed by atoms with van der Waals surface area (Å²) in [4.78, 5) is 15.3. The number of rotatable bonds is 8. The number of benzene rings is 3. The summed E-state index contributed by atoms with van der Waals surface area (Å²) in [6, 6.07) is 28.2. The molecule has 0 saturated carbocycles. The number of para-hydroxylation sites is 1. The van der Waals surface area contributed by atoms with E-state index >= 15 is 0 Å². The Morgan fingerprint density at radius 2 is 1.70 bits per heavy atom. The summed E-state index contributed by atoms with van der Waals surface area (Å²) in [5, 5.41) is 9.11. The zero-order valence-electron chi connectivity index (χ0n) is 20.0. The van der Waals surface area contributed by atoms with E-state index in [1.165, 1.54) is 11.8 Å². The van der Waals surface area contributed by atoms with Gasteiger partial charge < -0.3 is 13.9 Å². The third kappa shape index (κ3) is 6.17. The van der Waals surface area contributed by atoms with Crippen molar-refractivity contribution in [2.24, 2.45) is 10.2 Å². The third-order valence-electron chi connectivity index (χ3n) is 5.38. The zero-order valence-corrected chi connectivity index (χ0v) is 20.8. The van der Waals surface area contributed by atoms with Gasteiger partial charge in [-0.15, -0.1) is 5.10 Å². The molecule has 1 saturated heterocycles. The Morgan fingerprint density at radius 3 is 2.46 bits per heavy atom. The van der Waals surface area contributed by atoms with E-state index in [9.17, 15) is 4.79 Å². The van der Waals surface area contributed by atoms with Crippen LogP contribution in [0.5, 0.6) is 17.2 Å². The summed E-state index contributed by atoms with van der Waals surface area (Å²) in [5.74, 6) is 2.69. The van der Waals surface area contributed by atoms with Crippen molar-refractivity contribution in [2.75, 3.05) is 7.11 Å². The Balaban J connectivity index is 1.36. The van der Waals surface area contributed by atoms with Crippen molar-refractivity contribution in [2.45, 2.75) is 6.54 Å². The van der Waals surface area contributed by atoms with Crippen LogP contribution >= 0.6 is 11.8 Å². The zero-order chi connectivity index (χ0) is 25.5. The van der Waals surface area contributed by atoms with Crippen LogP contribution in [0.25, 0.3) is 6.08 Å². The predicted molar refractivity (Wildman–Crippen MR) is 146 cm³/mol. The fourth-order valence-corrected chi connectivity index (χ4v) is 4.49. The molecule has 0 unspecified atom stereocenters.